The topological polar surface area (TPSA) is 37.3 Å². The molecule has 1 rings (SSSR count). The molecule has 1 aromatic rings. The SMILES string of the molecule is CC(C(=O)O)c1ccccc1CI. The molecule has 0 radical (unpaired) electrons. The lowest BCUT2D eigenvalue weighted by Gasteiger charge is -2.10. The van der Waals surface area contributed by atoms with Gasteiger partial charge in [-0.1, -0.05) is 46.9 Å². The van der Waals surface area contributed by atoms with Gasteiger partial charge >= 0.3 is 5.97 Å². The van der Waals surface area contributed by atoms with Crippen LogP contribution in [0.5, 0.6) is 0 Å². The van der Waals surface area contributed by atoms with Gasteiger partial charge in [-0.3, -0.25) is 4.79 Å². The van der Waals surface area contributed by atoms with Crippen LogP contribution >= 0.6 is 22.6 Å². The first-order valence-electron chi connectivity index (χ1n) is 4.03. The predicted octanol–water partition coefficient (Wildman–Crippen LogP) is 2.81. The number of aliphatic carboxylic acids is 1. The molecule has 0 aromatic heterocycles. The molecule has 0 aliphatic heterocycles. The molecule has 1 N–H and O–H groups in total. The van der Waals surface area contributed by atoms with E-state index in [0.717, 1.165) is 15.6 Å². The lowest BCUT2D eigenvalue weighted by Crippen LogP contribution is -2.09. The summed E-state index contributed by atoms with van der Waals surface area (Å²) in [5, 5.41) is 8.85. The molecule has 0 saturated carbocycles. The normalized spacial score (nSPS) is 12.5. The van der Waals surface area contributed by atoms with Gasteiger partial charge < -0.3 is 5.11 Å². The van der Waals surface area contributed by atoms with Gasteiger partial charge in [-0.25, -0.2) is 0 Å². The largest absolute Gasteiger partial charge is 0.481 e. The van der Waals surface area contributed by atoms with Gasteiger partial charge in [-0.2, -0.15) is 0 Å². The second-order valence-electron chi connectivity index (χ2n) is 2.89. The summed E-state index contributed by atoms with van der Waals surface area (Å²) < 4.78 is 0.853. The van der Waals surface area contributed by atoms with Crippen molar-refractivity contribution in [3.8, 4) is 0 Å². The number of carboxylic acids is 1. The monoisotopic (exact) mass is 290 g/mol. The first-order chi connectivity index (χ1) is 6.16. The van der Waals surface area contributed by atoms with Gasteiger partial charge in [0.05, 0.1) is 5.92 Å². The van der Waals surface area contributed by atoms with Crippen LogP contribution in [0, 0.1) is 0 Å². The van der Waals surface area contributed by atoms with Crippen LogP contribution < -0.4 is 0 Å². The Morgan fingerprint density at radius 2 is 2.15 bits per heavy atom. The molecular formula is C10H11IO2. The smallest absolute Gasteiger partial charge is 0.310 e. The molecule has 3 heteroatoms. The molecular weight excluding hydrogens is 279 g/mol. The zero-order valence-corrected chi connectivity index (χ0v) is 9.48. The van der Waals surface area contributed by atoms with Crippen molar-refractivity contribution in [1.29, 1.82) is 0 Å². The third-order valence-electron chi connectivity index (χ3n) is 2.04. The zero-order chi connectivity index (χ0) is 9.84. The average Bonchev–Trinajstić information content (AvgIpc) is 2.16. The van der Waals surface area contributed by atoms with Crippen LogP contribution in [0.4, 0.5) is 0 Å². The Kier molecular flexibility index (Phi) is 3.71. The quantitative estimate of drug-likeness (QED) is 0.686. The number of halogens is 1. The Morgan fingerprint density at radius 1 is 1.54 bits per heavy atom. The molecule has 70 valence electrons. The number of carboxylic acid groups (broad SMARTS) is 1. The standard InChI is InChI=1S/C10H11IO2/c1-7(10(12)13)9-5-3-2-4-8(9)6-11/h2-5,7H,6H2,1H3,(H,12,13). The number of carbonyl (C=O) groups is 1. The summed E-state index contributed by atoms with van der Waals surface area (Å²) in [6.45, 7) is 1.72. The molecule has 0 bridgehead atoms. The van der Waals surface area contributed by atoms with Crippen molar-refractivity contribution in [3.05, 3.63) is 35.4 Å². The van der Waals surface area contributed by atoms with E-state index in [4.69, 9.17) is 5.11 Å². The summed E-state index contributed by atoms with van der Waals surface area (Å²) in [6, 6.07) is 7.67. The fraction of sp³-hybridized carbons (Fsp3) is 0.300. The minimum absolute atomic E-state index is 0.411. The van der Waals surface area contributed by atoms with E-state index < -0.39 is 11.9 Å². The first kappa shape index (κ1) is 10.5. The van der Waals surface area contributed by atoms with E-state index in [-0.39, 0.29) is 0 Å². The Morgan fingerprint density at radius 3 is 2.69 bits per heavy atom. The van der Waals surface area contributed by atoms with Crippen LogP contribution in [0.1, 0.15) is 24.0 Å². The van der Waals surface area contributed by atoms with E-state index in [1.165, 1.54) is 0 Å². The predicted molar refractivity (Wildman–Crippen MR) is 60.2 cm³/mol. The minimum atomic E-state index is -0.766. The molecule has 0 heterocycles. The van der Waals surface area contributed by atoms with Gasteiger partial charge in [0.25, 0.3) is 0 Å². The average molecular weight is 290 g/mol. The van der Waals surface area contributed by atoms with Gasteiger partial charge in [-0.05, 0) is 18.1 Å². The Balaban J connectivity index is 3.05. The molecule has 0 aliphatic rings. The minimum Gasteiger partial charge on any atom is -0.481 e. The van der Waals surface area contributed by atoms with E-state index in [0.29, 0.717) is 0 Å². The van der Waals surface area contributed by atoms with Crippen LogP contribution in [0.3, 0.4) is 0 Å². The number of benzene rings is 1. The molecule has 13 heavy (non-hydrogen) atoms. The van der Waals surface area contributed by atoms with E-state index in [1.54, 1.807) is 6.92 Å². The number of hydrogen-bond donors (Lipinski definition) is 1. The first-order valence-corrected chi connectivity index (χ1v) is 5.56. The van der Waals surface area contributed by atoms with E-state index in [9.17, 15) is 4.79 Å². The fourth-order valence-corrected chi connectivity index (χ4v) is 1.91. The third-order valence-corrected chi connectivity index (χ3v) is 2.86. The highest BCUT2D eigenvalue weighted by atomic mass is 127. The van der Waals surface area contributed by atoms with Crippen molar-refractivity contribution in [2.45, 2.75) is 17.3 Å². The maximum Gasteiger partial charge on any atom is 0.310 e. The van der Waals surface area contributed by atoms with Crippen LogP contribution in [-0.2, 0) is 9.22 Å². The fourth-order valence-electron chi connectivity index (χ4n) is 1.21. The maximum absolute atomic E-state index is 10.8. The molecule has 0 fully saturated rings. The molecule has 2 nitrogen and oxygen atoms in total. The Labute approximate surface area is 91.1 Å². The van der Waals surface area contributed by atoms with Crippen LogP contribution in [0.25, 0.3) is 0 Å². The molecule has 1 unspecified atom stereocenters. The molecule has 0 spiro atoms. The second-order valence-corrected chi connectivity index (χ2v) is 3.66. The number of alkyl halides is 1. The highest BCUT2D eigenvalue weighted by Gasteiger charge is 2.15. The Bertz CT molecular complexity index is 310. The Hall–Kier alpha value is -0.580. The second kappa shape index (κ2) is 4.60. The van der Waals surface area contributed by atoms with Crippen molar-refractivity contribution < 1.29 is 9.90 Å². The third kappa shape index (κ3) is 2.43. The summed E-state index contributed by atoms with van der Waals surface area (Å²) in [5.74, 6) is -1.18. The summed E-state index contributed by atoms with van der Waals surface area (Å²) in [4.78, 5) is 10.8. The zero-order valence-electron chi connectivity index (χ0n) is 7.33. The van der Waals surface area contributed by atoms with Crippen molar-refractivity contribution in [2.75, 3.05) is 0 Å². The summed E-state index contributed by atoms with van der Waals surface area (Å²) in [5.41, 5.74) is 2.03. The summed E-state index contributed by atoms with van der Waals surface area (Å²) >= 11 is 2.24. The summed E-state index contributed by atoms with van der Waals surface area (Å²) in [7, 11) is 0. The van der Waals surface area contributed by atoms with E-state index >= 15 is 0 Å². The molecule has 1 atom stereocenters. The molecule has 1 aromatic carbocycles. The van der Waals surface area contributed by atoms with Crippen LogP contribution in [0.15, 0.2) is 24.3 Å². The van der Waals surface area contributed by atoms with Gasteiger partial charge in [-0.15, -0.1) is 0 Å². The lowest BCUT2D eigenvalue weighted by atomic mass is 9.97. The van der Waals surface area contributed by atoms with Crippen molar-refractivity contribution >= 4 is 28.6 Å². The highest BCUT2D eigenvalue weighted by Crippen LogP contribution is 2.21. The van der Waals surface area contributed by atoms with Gasteiger partial charge in [0, 0.05) is 4.43 Å². The van der Waals surface area contributed by atoms with E-state index in [1.807, 2.05) is 24.3 Å². The van der Waals surface area contributed by atoms with Crippen LogP contribution in [0.2, 0.25) is 0 Å². The highest BCUT2D eigenvalue weighted by molar-refractivity contribution is 14.1. The lowest BCUT2D eigenvalue weighted by molar-refractivity contribution is -0.138. The molecule has 0 aliphatic carbocycles. The molecule has 0 amide bonds. The van der Waals surface area contributed by atoms with Crippen LogP contribution in [-0.4, -0.2) is 11.1 Å². The van der Waals surface area contributed by atoms with Gasteiger partial charge in [0.2, 0.25) is 0 Å². The van der Waals surface area contributed by atoms with Gasteiger partial charge in [0.1, 0.15) is 0 Å². The van der Waals surface area contributed by atoms with E-state index in [2.05, 4.69) is 22.6 Å². The maximum atomic E-state index is 10.8. The van der Waals surface area contributed by atoms with Crippen molar-refractivity contribution in [3.63, 3.8) is 0 Å². The molecule has 0 saturated heterocycles. The van der Waals surface area contributed by atoms with Crippen molar-refractivity contribution in [1.82, 2.24) is 0 Å². The number of hydrogen-bond acceptors (Lipinski definition) is 1. The summed E-state index contributed by atoms with van der Waals surface area (Å²) in [6.07, 6.45) is 0. The number of rotatable bonds is 3. The van der Waals surface area contributed by atoms with Gasteiger partial charge in [0.15, 0.2) is 0 Å². The van der Waals surface area contributed by atoms with Crippen molar-refractivity contribution in [2.24, 2.45) is 0 Å².